The number of amides is 1. The minimum atomic E-state index is -3.34. The van der Waals surface area contributed by atoms with Crippen LogP contribution in [0, 0.1) is 0 Å². The number of aromatic amines is 1. The number of rotatable bonds is 4. The van der Waals surface area contributed by atoms with Crippen LogP contribution in [0.15, 0.2) is 6.33 Å². The number of aromatic nitrogens is 2. The summed E-state index contributed by atoms with van der Waals surface area (Å²) in [6, 6.07) is 0. The summed E-state index contributed by atoms with van der Waals surface area (Å²) in [6.07, 6.45) is 5.23. The third-order valence-corrected chi connectivity index (χ3v) is 6.65. The van der Waals surface area contributed by atoms with E-state index in [4.69, 9.17) is 0 Å². The van der Waals surface area contributed by atoms with Crippen molar-refractivity contribution in [3.8, 4) is 0 Å². The zero-order chi connectivity index (χ0) is 18.2. The van der Waals surface area contributed by atoms with E-state index in [9.17, 15) is 13.2 Å². The Bertz CT molecular complexity index is 735. The quantitative estimate of drug-likeness (QED) is 0.807. The molecule has 9 heteroatoms. The van der Waals surface area contributed by atoms with Crippen LogP contribution >= 0.6 is 0 Å². The highest BCUT2D eigenvalue weighted by Gasteiger charge is 2.50. The number of nitrogens with one attached hydrogen (secondary N) is 1. The number of imidazole rings is 1. The van der Waals surface area contributed by atoms with Crippen molar-refractivity contribution < 1.29 is 13.2 Å². The third-order valence-electron chi connectivity index (χ3n) is 5.32. The number of likely N-dealkylation sites (tertiary alicyclic amines) is 1. The summed E-state index contributed by atoms with van der Waals surface area (Å²) in [5.41, 5.74) is 1.23. The first kappa shape index (κ1) is 18.3. The number of hydrogen-bond acceptors (Lipinski definition) is 5. The molecule has 0 bridgehead atoms. The molecule has 1 aromatic heterocycles. The van der Waals surface area contributed by atoms with Crippen molar-refractivity contribution in [2.75, 3.05) is 46.5 Å². The van der Waals surface area contributed by atoms with E-state index < -0.39 is 15.6 Å². The van der Waals surface area contributed by atoms with Gasteiger partial charge >= 0.3 is 0 Å². The maximum Gasteiger partial charge on any atom is 0.223 e. The molecule has 2 aliphatic heterocycles. The van der Waals surface area contributed by atoms with Crippen LogP contribution in [0.25, 0.3) is 0 Å². The van der Waals surface area contributed by atoms with Gasteiger partial charge in [-0.2, -0.15) is 4.31 Å². The van der Waals surface area contributed by atoms with Gasteiger partial charge in [0, 0.05) is 44.7 Å². The predicted octanol–water partition coefficient (Wildman–Crippen LogP) is -0.00320. The highest BCUT2D eigenvalue weighted by Crippen LogP contribution is 2.43. The molecule has 0 unspecified atom stereocenters. The topological polar surface area (TPSA) is 89.6 Å². The van der Waals surface area contributed by atoms with Crippen molar-refractivity contribution in [1.82, 2.24) is 24.1 Å². The molecule has 25 heavy (non-hydrogen) atoms. The summed E-state index contributed by atoms with van der Waals surface area (Å²) >= 11 is 0. The molecule has 2 aliphatic rings. The maximum absolute atomic E-state index is 12.4. The van der Waals surface area contributed by atoms with Gasteiger partial charge < -0.3 is 14.8 Å². The molecule has 0 aliphatic carbocycles. The lowest BCUT2D eigenvalue weighted by Crippen LogP contribution is -2.58. The maximum atomic E-state index is 12.4. The molecular weight excluding hydrogens is 342 g/mol. The van der Waals surface area contributed by atoms with E-state index in [-0.39, 0.29) is 5.91 Å². The fourth-order valence-electron chi connectivity index (χ4n) is 4.03. The Morgan fingerprint density at radius 2 is 2.00 bits per heavy atom. The van der Waals surface area contributed by atoms with E-state index in [2.05, 4.69) is 9.97 Å². The lowest BCUT2D eigenvalue weighted by molar-refractivity contribution is -0.134. The minimum absolute atomic E-state index is 0.132. The van der Waals surface area contributed by atoms with Crippen molar-refractivity contribution in [2.45, 2.75) is 31.2 Å². The normalized spacial score (nSPS) is 20.9. The molecule has 0 atom stereocenters. The van der Waals surface area contributed by atoms with Crippen molar-refractivity contribution >= 4 is 15.9 Å². The smallest absolute Gasteiger partial charge is 0.223 e. The lowest BCUT2D eigenvalue weighted by atomic mass is 9.80. The molecule has 1 saturated heterocycles. The van der Waals surface area contributed by atoms with E-state index in [1.165, 1.54) is 6.26 Å². The summed E-state index contributed by atoms with van der Waals surface area (Å²) in [4.78, 5) is 23.8. The molecule has 1 N–H and O–H groups in total. The lowest BCUT2D eigenvalue weighted by Gasteiger charge is -2.49. The number of carbonyl (C=O) groups excluding carboxylic acids is 1. The fourth-order valence-corrected chi connectivity index (χ4v) is 5.36. The van der Waals surface area contributed by atoms with Crippen molar-refractivity contribution in [3.05, 3.63) is 17.7 Å². The molecule has 0 aromatic carbocycles. The van der Waals surface area contributed by atoms with Gasteiger partial charge in [0.15, 0.2) is 0 Å². The molecule has 3 heterocycles. The van der Waals surface area contributed by atoms with E-state index in [0.29, 0.717) is 45.3 Å². The van der Waals surface area contributed by atoms with Gasteiger partial charge in [0.1, 0.15) is 0 Å². The van der Waals surface area contributed by atoms with Crippen LogP contribution in [0.5, 0.6) is 0 Å². The van der Waals surface area contributed by atoms with Gasteiger partial charge in [-0.25, -0.2) is 13.4 Å². The number of hydrogen-bond donors (Lipinski definition) is 1. The standard InChI is InChI=1S/C16H27N5O3S/c1-19(2)8-5-14(22)20-10-6-16(7-11-20)15-13(17-12-18-15)4-9-21(16)25(3,23)24/h12H,4-11H2,1-3H3,(H,17,18). The van der Waals surface area contributed by atoms with E-state index in [1.807, 2.05) is 23.9 Å². The second kappa shape index (κ2) is 6.69. The van der Waals surface area contributed by atoms with Crippen LogP contribution in [0.3, 0.4) is 0 Å². The molecule has 0 radical (unpaired) electrons. The minimum Gasteiger partial charge on any atom is -0.348 e. The second-order valence-corrected chi connectivity index (χ2v) is 9.19. The zero-order valence-corrected chi connectivity index (χ0v) is 16.0. The number of fused-ring (bicyclic) bond motifs is 2. The number of sulfonamides is 1. The monoisotopic (exact) mass is 369 g/mol. The van der Waals surface area contributed by atoms with E-state index in [0.717, 1.165) is 17.9 Å². The van der Waals surface area contributed by atoms with Gasteiger partial charge in [0.05, 0.1) is 23.8 Å². The average Bonchev–Trinajstić information content (AvgIpc) is 3.02. The second-order valence-electron chi connectivity index (χ2n) is 7.28. The van der Waals surface area contributed by atoms with Gasteiger partial charge in [-0.3, -0.25) is 4.79 Å². The Hall–Kier alpha value is -1.45. The van der Waals surface area contributed by atoms with Gasteiger partial charge in [0.25, 0.3) is 0 Å². The number of carbonyl (C=O) groups is 1. The van der Waals surface area contributed by atoms with Crippen molar-refractivity contribution in [3.63, 3.8) is 0 Å². The largest absolute Gasteiger partial charge is 0.348 e. The van der Waals surface area contributed by atoms with Gasteiger partial charge in [0.2, 0.25) is 15.9 Å². The Morgan fingerprint density at radius 1 is 1.32 bits per heavy atom. The SMILES string of the molecule is CN(C)CCC(=O)N1CCC2(CC1)c1nc[nH]c1CCN2S(C)(=O)=O. The van der Waals surface area contributed by atoms with Crippen LogP contribution in [-0.4, -0.2) is 84.9 Å². The third kappa shape index (κ3) is 3.45. The first-order chi connectivity index (χ1) is 11.7. The fraction of sp³-hybridized carbons (Fsp3) is 0.750. The Morgan fingerprint density at radius 3 is 2.60 bits per heavy atom. The molecule has 0 saturated carbocycles. The first-order valence-electron chi connectivity index (χ1n) is 8.67. The zero-order valence-electron chi connectivity index (χ0n) is 15.2. The van der Waals surface area contributed by atoms with Crippen LogP contribution in [0.1, 0.15) is 30.7 Å². The Balaban J connectivity index is 1.81. The highest BCUT2D eigenvalue weighted by molar-refractivity contribution is 7.88. The van der Waals surface area contributed by atoms with Crippen LogP contribution < -0.4 is 0 Å². The highest BCUT2D eigenvalue weighted by atomic mass is 32.2. The summed E-state index contributed by atoms with van der Waals surface area (Å²) in [7, 11) is 0.552. The van der Waals surface area contributed by atoms with Gasteiger partial charge in [-0.1, -0.05) is 0 Å². The number of piperidine rings is 1. The number of H-pyrrole nitrogens is 1. The Labute approximate surface area is 149 Å². The Kier molecular flexibility index (Phi) is 4.91. The first-order valence-corrected chi connectivity index (χ1v) is 10.5. The van der Waals surface area contributed by atoms with E-state index in [1.54, 1.807) is 10.6 Å². The molecule has 8 nitrogen and oxygen atoms in total. The van der Waals surface area contributed by atoms with E-state index >= 15 is 0 Å². The molecule has 1 spiro atoms. The molecular formula is C16H27N5O3S. The molecule has 1 amide bonds. The summed E-state index contributed by atoms with van der Waals surface area (Å²) in [5, 5.41) is 0. The van der Waals surface area contributed by atoms with Crippen molar-refractivity contribution in [1.29, 1.82) is 0 Å². The average molecular weight is 369 g/mol. The predicted molar refractivity (Wildman–Crippen MR) is 94.5 cm³/mol. The van der Waals surface area contributed by atoms with Crippen LogP contribution in [0.4, 0.5) is 0 Å². The van der Waals surface area contributed by atoms with Crippen molar-refractivity contribution in [2.24, 2.45) is 0 Å². The van der Waals surface area contributed by atoms with Crippen LogP contribution in [0.2, 0.25) is 0 Å². The molecule has 1 aromatic rings. The molecule has 1 fully saturated rings. The van der Waals surface area contributed by atoms with Gasteiger partial charge in [-0.05, 0) is 26.9 Å². The molecule has 3 rings (SSSR count). The molecule has 140 valence electrons. The van der Waals surface area contributed by atoms with Gasteiger partial charge in [-0.15, -0.1) is 0 Å². The summed E-state index contributed by atoms with van der Waals surface area (Å²) in [6.45, 7) is 2.30. The summed E-state index contributed by atoms with van der Waals surface area (Å²) in [5.74, 6) is 0.132. The van der Waals surface area contributed by atoms with Crippen LogP contribution in [-0.2, 0) is 26.8 Å². The summed E-state index contributed by atoms with van der Waals surface area (Å²) < 4.78 is 26.4. The number of nitrogens with zero attached hydrogens (tertiary/aromatic N) is 4.